The summed E-state index contributed by atoms with van der Waals surface area (Å²) in [6, 6.07) is 5.97. The molecule has 1 aromatic heterocycles. The van der Waals surface area contributed by atoms with E-state index in [0.29, 0.717) is 11.7 Å². The Labute approximate surface area is 97.6 Å². The number of aromatic nitrogens is 2. The molecule has 17 heavy (non-hydrogen) atoms. The van der Waals surface area contributed by atoms with E-state index in [1.807, 2.05) is 0 Å². The lowest BCUT2D eigenvalue weighted by atomic mass is 9.78. The molecule has 1 heterocycles. The van der Waals surface area contributed by atoms with Gasteiger partial charge in [0.05, 0.1) is 5.54 Å². The molecule has 0 saturated heterocycles. The number of nitrogens with zero attached hydrogens (tertiary/aromatic N) is 2. The third-order valence-electron chi connectivity index (χ3n) is 3.20. The maximum absolute atomic E-state index is 12.8. The van der Waals surface area contributed by atoms with Gasteiger partial charge in [-0.1, -0.05) is 5.16 Å². The van der Waals surface area contributed by atoms with E-state index in [1.165, 1.54) is 12.1 Å². The van der Waals surface area contributed by atoms with Crippen molar-refractivity contribution < 1.29 is 8.91 Å². The van der Waals surface area contributed by atoms with Crippen molar-refractivity contribution in [2.24, 2.45) is 5.73 Å². The summed E-state index contributed by atoms with van der Waals surface area (Å²) in [5, 5.41) is 3.88. The molecule has 0 unspecified atom stereocenters. The van der Waals surface area contributed by atoms with E-state index in [9.17, 15) is 4.39 Å². The highest BCUT2D eigenvalue weighted by atomic mass is 19.1. The molecule has 0 bridgehead atoms. The molecular weight excluding hydrogens is 221 g/mol. The first-order valence-corrected chi connectivity index (χ1v) is 5.56. The first-order valence-electron chi connectivity index (χ1n) is 5.56. The van der Waals surface area contributed by atoms with Crippen LogP contribution >= 0.6 is 0 Å². The summed E-state index contributed by atoms with van der Waals surface area (Å²) < 4.78 is 18.0. The van der Waals surface area contributed by atoms with Gasteiger partial charge in [-0.3, -0.25) is 0 Å². The van der Waals surface area contributed by atoms with Crippen molar-refractivity contribution in [3.05, 3.63) is 36.0 Å². The van der Waals surface area contributed by atoms with Crippen molar-refractivity contribution >= 4 is 0 Å². The zero-order valence-electron chi connectivity index (χ0n) is 9.19. The van der Waals surface area contributed by atoms with Crippen LogP contribution in [-0.2, 0) is 5.54 Å². The second-order valence-corrected chi connectivity index (χ2v) is 4.44. The number of benzene rings is 1. The van der Waals surface area contributed by atoms with Crippen LogP contribution in [0.2, 0.25) is 0 Å². The second kappa shape index (κ2) is 3.63. The molecule has 1 fully saturated rings. The molecule has 4 nitrogen and oxygen atoms in total. The van der Waals surface area contributed by atoms with Gasteiger partial charge in [-0.15, -0.1) is 0 Å². The van der Waals surface area contributed by atoms with E-state index in [4.69, 9.17) is 10.3 Å². The number of nitrogens with two attached hydrogens (primary N) is 1. The third-order valence-corrected chi connectivity index (χ3v) is 3.20. The molecule has 1 aliphatic rings. The standard InChI is InChI=1S/C12H12FN3O/c13-9-4-2-8(3-5-9)10-15-11(17-16-10)12(14)6-1-7-12/h2-5H,1,6-7,14H2. The minimum atomic E-state index is -0.453. The van der Waals surface area contributed by atoms with Crippen LogP contribution in [0.25, 0.3) is 11.4 Å². The lowest BCUT2D eigenvalue weighted by molar-refractivity contribution is 0.181. The molecular formula is C12H12FN3O. The monoisotopic (exact) mass is 233 g/mol. The summed E-state index contributed by atoms with van der Waals surface area (Å²) in [4.78, 5) is 4.28. The number of rotatable bonds is 2. The first-order chi connectivity index (χ1) is 8.17. The number of hydrogen-bond donors (Lipinski definition) is 1. The second-order valence-electron chi connectivity index (χ2n) is 4.44. The molecule has 0 atom stereocenters. The van der Waals surface area contributed by atoms with Crippen molar-refractivity contribution in [2.75, 3.05) is 0 Å². The van der Waals surface area contributed by atoms with E-state index in [2.05, 4.69) is 10.1 Å². The molecule has 0 spiro atoms. The van der Waals surface area contributed by atoms with Crippen LogP contribution in [-0.4, -0.2) is 10.1 Å². The quantitative estimate of drug-likeness (QED) is 0.863. The summed E-state index contributed by atoms with van der Waals surface area (Å²) in [7, 11) is 0. The summed E-state index contributed by atoms with van der Waals surface area (Å²) in [5.74, 6) is 0.645. The maximum Gasteiger partial charge on any atom is 0.247 e. The Bertz CT molecular complexity index is 531. The highest BCUT2D eigenvalue weighted by Gasteiger charge is 2.39. The van der Waals surface area contributed by atoms with Gasteiger partial charge in [-0.05, 0) is 43.5 Å². The van der Waals surface area contributed by atoms with Gasteiger partial charge in [0.1, 0.15) is 5.82 Å². The Balaban J connectivity index is 1.92. The Morgan fingerprint density at radius 2 is 1.94 bits per heavy atom. The Hall–Kier alpha value is -1.75. The molecule has 1 saturated carbocycles. The summed E-state index contributed by atoms with van der Waals surface area (Å²) in [6.45, 7) is 0. The van der Waals surface area contributed by atoms with Gasteiger partial charge in [-0.25, -0.2) is 4.39 Å². The van der Waals surface area contributed by atoms with Crippen LogP contribution in [0.3, 0.4) is 0 Å². The summed E-state index contributed by atoms with van der Waals surface area (Å²) >= 11 is 0. The average molecular weight is 233 g/mol. The lowest BCUT2D eigenvalue weighted by Crippen LogP contribution is -2.43. The largest absolute Gasteiger partial charge is 0.337 e. The predicted octanol–water partition coefficient (Wildman–Crippen LogP) is 2.21. The minimum Gasteiger partial charge on any atom is -0.337 e. The van der Waals surface area contributed by atoms with Crippen LogP contribution in [0.5, 0.6) is 0 Å². The van der Waals surface area contributed by atoms with Gasteiger partial charge >= 0.3 is 0 Å². The SMILES string of the molecule is NC1(c2nc(-c3ccc(F)cc3)no2)CCC1. The summed E-state index contributed by atoms with van der Waals surface area (Å²) in [5.41, 5.74) is 6.36. The average Bonchev–Trinajstić information content (AvgIpc) is 2.76. The Morgan fingerprint density at radius 1 is 1.24 bits per heavy atom. The first kappa shape index (κ1) is 10.4. The predicted molar refractivity (Wildman–Crippen MR) is 59.4 cm³/mol. The van der Waals surface area contributed by atoms with Crippen LogP contribution in [0.1, 0.15) is 25.2 Å². The van der Waals surface area contributed by atoms with Crippen LogP contribution in [0, 0.1) is 5.82 Å². The minimum absolute atomic E-state index is 0.285. The molecule has 1 aromatic carbocycles. The van der Waals surface area contributed by atoms with Crippen LogP contribution in [0.15, 0.2) is 28.8 Å². The summed E-state index contributed by atoms with van der Waals surface area (Å²) in [6.07, 6.45) is 2.83. The molecule has 2 N–H and O–H groups in total. The Morgan fingerprint density at radius 3 is 2.53 bits per heavy atom. The maximum atomic E-state index is 12.8. The van der Waals surface area contributed by atoms with E-state index in [1.54, 1.807) is 12.1 Å². The zero-order chi connectivity index (χ0) is 11.9. The van der Waals surface area contributed by atoms with Crippen LogP contribution < -0.4 is 5.73 Å². The molecule has 2 aromatic rings. The molecule has 5 heteroatoms. The molecule has 0 radical (unpaired) electrons. The highest BCUT2D eigenvalue weighted by molar-refractivity contribution is 5.53. The van der Waals surface area contributed by atoms with Crippen molar-refractivity contribution in [1.29, 1.82) is 0 Å². The smallest absolute Gasteiger partial charge is 0.247 e. The lowest BCUT2D eigenvalue weighted by Gasteiger charge is -2.33. The van der Waals surface area contributed by atoms with Gasteiger partial charge in [0.2, 0.25) is 11.7 Å². The fourth-order valence-electron chi connectivity index (χ4n) is 1.91. The van der Waals surface area contributed by atoms with Crippen molar-refractivity contribution in [2.45, 2.75) is 24.8 Å². The molecule has 1 aliphatic carbocycles. The topological polar surface area (TPSA) is 64.9 Å². The molecule has 0 amide bonds. The fourth-order valence-corrected chi connectivity index (χ4v) is 1.91. The van der Waals surface area contributed by atoms with Crippen LogP contribution in [0.4, 0.5) is 4.39 Å². The van der Waals surface area contributed by atoms with E-state index in [0.717, 1.165) is 24.8 Å². The normalized spacial score (nSPS) is 17.8. The van der Waals surface area contributed by atoms with Crippen molar-refractivity contribution in [1.82, 2.24) is 10.1 Å². The van der Waals surface area contributed by atoms with Crippen molar-refractivity contribution in [3.63, 3.8) is 0 Å². The fraction of sp³-hybridized carbons (Fsp3) is 0.333. The molecule has 3 rings (SSSR count). The molecule has 0 aliphatic heterocycles. The molecule has 88 valence electrons. The van der Waals surface area contributed by atoms with Gasteiger partial charge in [0.25, 0.3) is 0 Å². The Kier molecular flexibility index (Phi) is 2.22. The third kappa shape index (κ3) is 1.72. The van der Waals surface area contributed by atoms with Gasteiger partial charge in [0.15, 0.2) is 0 Å². The van der Waals surface area contributed by atoms with E-state index < -0.39 is 5.54 Å². The zero-order valence-corrected chi connectivity index (χ0v) is 9.19. The van der Waals surface area contributed by atoms with Gasteiger partial charge < -0.3 is 10.3 Å². The van der Waals surface area contributed by atoms with E-state index >= 15 is 0 Å². The van der Waals surface area contributed by atoms with Gasteiger partial charge in [-0.2, -0.15) is 4.98 Å². The highest BCUT2D eigenvalue weighted by Crippen LogP contribution is 2.38. The van der Waals surface area contributed by atoms with E-state index in [-0.39, 0.29) is 5.82 Å². The van der Waals surface area contributed by atoms with Crippen molar-refractivity contribution in [3.8, 4) is 11.4 Å². The number of halogens is 1. The van der Waals surface area contributed by atoms with Gasteiger partial charge in [0, 0.05) is 5.56 Å². The number of hydrogen-bond acceptors (Lipinski definition) is 4.